The smallest absolute Gasteiger partial charge is 0.397 e. The first kappa shape index (κ1) is 10.9. The van der Waals surface area contributed by atoms with Gasteiger partial charge in [-0.15, -0.1) is 0 Å². The molecule has 0 radical (unpaired) electrons. The van der Waals surface area contributed by atoms with Crippen LogP contribution in [-0.2, 0) is 9.59 Å². The Morgan fingerprint density at radius 3 is 2.71 bits per heavy atom. The Labute approximate surface area is 81.4 Å². The summed E-state index contributed by atoms with van der Waals surface area (Å²) < 4.78 is 0. The summed E-state index contributed by atoms with van der Waals surface area (Å²) >= 11 is 0. The number of nitrogens with zero attached hydrogens (tertiary/aromatic N) is 2. The average Bonchev–Trinajstić information content (AvgIpc) is 2.43. The van der Waals surface area contributed by atoms with E-state index in [2.05, 4.69) is 5.32 Å². The van der Waals surface area contributed by atoms with E-state index in [0.717, 1.165) is 13.0 Å². The van der Waals surface area contributed by atoms with Gasteiger partial charge >= 0.3 is 11.9 Å². The Morgan fingerprint density at radius 2 is 2.07 bits per heavy atom. The molecule has 4 N–H and O–H groups in total. The molecule has 1 aliphatic heterocycles. The molecule has 1 rings (SSSR count). The van der Waals surface area contributed by atoms with Gasteiger partial charge in [-0.3, -0.25) is 4.79 Å². The van der Waals surface area contributed by atoms with E-state index in [1.807, 2.05) is 0 Å². The van der Waals surface area contributed by atoms with Crippen LogP contribution in [0.3, 0.4) is 0 Å². The fourth-order valence-electron chi connectivity index (χ4n) is 1.27. The van der Waals surface area contributed by atoms with Crippen molar-refractivity contribution in [3.8, 4) is 0 Å². The molecule has 7 nitrogen and oxygen atoms in total. The van der Waals surface area contributed by atoms with E-state index in [9.17, 15) is 9.59 Å². The summed E-state index contributed by atoms with van der Waals surface area (Å²) in [6, 6.07) is 0. The third kappa shape index (κ3) is 2.66. The van der Waals surface area contributed by atoms with Crippen molar-refractivity contribution in [1.29, 1.82) is 0 Å². The average molecular weight is 202 g/mol. The van der Waals surface area contributed by atoms with Gasteiger partial charge < -0.3 is 10.4 Å². The van der Waals surface area contributed by atoms with Gasteiger partial charge in [-0.05, 0) is 13.0 Å². The van der Waals surface area contributed by atoms with Crippen LogP contribution < -0.4 is 11.2 Å². The lowest BCUT2D eigenvalue weighted by atomic mass is 10.4. The number of nitrogens with two attached hydrogens (primary N) is 1. The fourth-order valence-corrected chi connectivity index (χ4v) is 1.27. The molecule has 1 amide bonds. The number of hydrogen-bond acceptors (Lipinski definition) is 5. The summed E-state index contributed by atoms with van der Waals surface area (Å²) in [5.41, 5.74) is 0. The van der Waals surface area contributed by atoms with E-state index >= 15 is 0 Å². The summed E-state index contributed by atoms with van der Waals surface area (Å²) in [5, 5.41) is 13.8. The van der Waals surface area contributed by atoms with Gasteiger partial charge in [-0.1, -0.05) is 0 Å². The second-order valence-corrected chi connectivity index (χ2v) is 3.01. The van der Waals surface area contributed by atoms with Gasteiger partial charge in [0.2, 0.25) is 0 Å². The second-order valence-electron chi connectivity index (χ2n) is 3.01. The number of carboxylic acids is 1. The number of carbonyl (C=O) groups is 2. The van der Waals surface area contributed by atoms with E-state index < -0.39 is 11.9 Å². The summed E-state index contributed by atoms with van der Waals surface area (Å²) in [5.74, 6) is 2.72. The Hall–Kier alpha value is -1.18. The Balaban J connectivity index is 2.53. The lowest BCUT2D eigenvalue weighted by Gasteiger charge is -2.27. The molecule has 0 spiro atoms. The van der Waals surface area contributed by atoms with Crippen molar-refractivity contribution in [2.75, 3.05) is 26.2 Å². The molecule has 0 unspecified atom stereocenters. The van der Waals surface area contributed by atoms with Crippen molar-refractivity contribution in [3.63, 3.8) is 0 Å². The maximum Gasteiger partial charge on any atom is 0.397 e. The lowest BCUT2D eigenvalue weighted by molar-refractivity contribution is -0.167. The summed E-state index contributed by atoms with van der Waals surface area (Å²) in [7, 11) is 0. The minimum atomic E-state index is -1.54. The maximum atomic E-state index is 11.0. The molecule has 14 heavy (non-hydrogen) atoms. The predicted octanol–water partition coefficient (Wildman–Crippen LogP) is -2.02. The van der Waals surface area contributed by atoms with E-state index in [-0.39, 0.29) is 0 Å². The first-order chi connectivity index (χ1) is 6.63. The van der Waals surface area contributed by atoms with Gasteiger partial charge in [-0.25, -0.2) is 15.6 Å². The molecule has 0 aromatic heterocycles. The van der Waals surface area contributed by atoms with Crippen LogP contribution >= 0.6 is 0 Å². The number of carbonyl (C=O) groups excluding carboxylic acids is 1. The number of hydrogen-bond donors (Lipinski definition) is 3. The van der Waals surface area contributed by atoms with E-state index in [1.165, 1.54) is 5.01 Å². The van der Waals surface area contributed by atoms with Gasteiger partial charge in [0.15, 0.2) is 0 Å². The molecule has 0 aromatic rings. The quantitative estimate of drug-likeness (QED) is 0.196. The van der Waals surface area contributed by atoms with Crippen LogP contribution in [0.25, 0.3) is 0 Å². The molecule has 1 fully saturated rings. The monoisotopic (exact) mass is 202 g/mol. The number of hydrazine groups is 2. The third-order valence-corrected chi connectivity index (χ3v) is 2.01. The van der Waals surface area contributed by atoms with Crippen molar-refractivity contribution in [2.24, 2.45) is 5.84 Å². The molecule has 1 aliphatic rings. The van der Waals surface area contributed by atoms with E-state index in [1.54, 1.807) is 0 Å². The number of rotatable bonds is 1. The highest BCUT2D eigenvalue weighted by Gasteiger charge is 2.24. The summed E-state index contributed by atoms with van der Waals surface area (Å²) in [6.07, 6.45) is 0.834. The highest BCUT2D eigenvalue weighted by Crippen LogP contribution is 1.97. The molecule has 80 valence electrons. The van der Waals surface area contributed by atoms with Crippen molar-refractivity contribution in [2.45, 2.75) is 6.42 Å². The van der Waals surface area contributed by atoms with E-state index in [0.29, 0.717) is 24.8 Å². The molecule has 0 saturated carbocycles. The lowest BCUT2D eigenvalue weighted by Crippen LogP contribution is -2.54. The van der Waals surface area contributed by atoms with Crippen LogP contribution in [-0.4, -0.2) is 53.3 Å². The first-order valence-electron chi connectivity index (χ1n) is 4.40. The normalized spacial score (nSPS) is 18.6. The van der Waals surface area contributed by atoms with E-state index in [4.69, 9.17) is 10.9 Å². The fraction of sp³-hybridized carbons (Fsp3) is 0.714. The van der Waals surface area contributed by atoms with Crippen molar-refractivity contribution in [3.05, 3.63) is 0 Å². The zero-order valence-electron chi connectivity index (χ0n) is 7.77. The van der Waals surface area contributed by atoms with Crippen LogP contribution in [0.4, 0.5) is 0 Å². The van der Waals surface area contributed by atoms with Gasteiger partial charge in [0.1, 0.15) is 0 Å². The number of aliphatic carboxylic acids is 1. The molecule has 7 heteroatoms. The molecule has 0 aliphatic carbocycles. The van der Waals surface area contributed by atoms with Gasteiger partial charge in [-0.2, -0.15) is 5.12 Å². The molecule has 0 bridgehead atoms. The van der Waals surface area contributed by atoms with Crippen LogP contribution in [0.2, 0.25) is 0 Å². The minimum Gasteiger partial charge on any atom is -0.474 e. The standard InChI is InChI=1S/C7H14N4O3/c8-11(6(12)7(13)14)10-4-1-2-9-3-5-10/h9H,1-5,8H2,(H,13,14). The van der Waals surface area contributed by atoms with Crippen LogP contribution in [0.1, 0.15) is 6.42 Å². The minimum absolute atomic E-state index is 0.537. The van der Waals surface area contributed by atoms with Gasteiger partial charge in [0.25, 0.3) is 0 Å². The molecule has 1 heterocycles. The van der Waals surface area contributed by atoms with Gasteiger partial charge in [0, 0.05) is 19.6 Å². The molecule has 0 atom stereocenters. The topological polar surface area (TPSA) is 98.9 Å². The molecule has 0 aromatic carbocycles. The second kappa shape index (κ2) is 4.89. The van der Waals surface area contributed by atoms with Gasteiger partial charge in [0.05, 0.1) is 0 Å². The molecular formula is C7H14N4O3. The van der Waals surface area contributed by atoms with Crippen molar-refractivity contribution in [1.82, 2.24) is 15.4 Å². The largest absolute Gasteiger partial charge is 0.474 e. The highest BCUT2D eigenvalue weighted by molar-refractivity contribution is 6.31. The van der Waals surface area contributed by atoms with Crippen molar-refractivity contribution >= 4 is 11.9 Å². The zero-order chi connectivity index (χ0) is 10.6. The number of nitrogens with one attached hydrogen (secondary N) is 1. The number of amides is 1. The predicted molar refractivity (Wildman–Crippen MR) is 47.7 cm³/mol. The Kier molecular flexibility index (Phi) is 3.81. The van der Waals surface area contributed by atoms with Crippen LogP contribution in [0, 0.1) is 0 Å². The maximum absolute atomic E-state index is 11.0. The Bertz CT molecular complexity index is 225. The third-order valence-electron chi connectivity index (χ3n) is 2.01. The first-order valence-corrected chi connectivity index (χ1v) is 4.40. The SMILES string of the molecule is NN(C(=O)C(=O)O)N1CCCNCC1. The summed E-state index contributed by atoms with van der Waals surface area (Å²) in [6.45, 7) is 2.67. The summed E-state index contributed by atoms with van der Waals surface area (Å²) in [4.78, 5) is 21.3. The van der Waals surface area contributed by atoms with Crippen molar-refractivity contribution < 1.29 is 14.7 Å². The van der Waals surface area contributed by atoms with Crippen LogP contribution in [0.15, 0.2) is 0 Å². The molecular weight excluding hydrogens is 188 g/mol. The zero-order valence-corrected chi connectivity index (χ0v) is 7.77. The Morgan fingerprint density at radius 1 is 1.36 bits per heavy atom. The highest BCUT2D eigenvalue weighted by atomic mass is 16.4. The van der Waals surface area contributed by atoms with Crippen LogP contribution in [0.5, 0.6) is 0 Å². The molecule has 1 saturated heterocycles. The number of carboxylic acid groups (broad SMARTS) is 1.